The van der Waals surface area contributed by atoms with Crippen molar-refractivity contribution in [3.05, 3.63) is 60.4 Å². The Morgan fingerprint density at radius 3 is 2.33 bits per heavy atom. The van der Waals surface area contributed by atoms with Gasteiger partial charge >= 0.3 is 0 Å². The van der Waals surface area contributed by atoms with E-state index in [1.807, 2.05) is 53.4 Å². The van der Waals surface area contributed by atoms with Gasteiger partial charge in [-0.05, 0) is 71.0 Å². The topological polar surface area (TPSA) is 41.4 Å². The Labute approximate surface area is 179 Å². The third-order valence-electron chi connectivity index (χ3n) is 6.11. The van der Waals surface area contributed by atoms with Crippen LogP contribution in [0.2, 0.25) is 0 Å². The molecule has 2 heterocycles. The lowest BCUT2D eigenvalue weighted by Gasteiger charge is -2.32. The van der Waals surface area contributed by atoms with Crippen LogP contribution in [-0.2, 0) is 11.3 Å². The number of aromatic nitrogens is 2. The molecular weight excluding hydrogens is 372 g/mol. The van der Waals surface area contributed by atoms with Crippen molar-refractivity contribution < 1.29 is 4.79 Å². The first-order chi connectivity index (χ1) is 14.6. The fourth-order valence-electron chi connectivity index (χ4n) is 4.58. The molecule has 1 saturated heterocycles. The molecule has 1 amide bonds. The van der Waals surface area contributed by atoms with Crippen molar-refractivity contribution in [3.8, 4) is 0 Å². The van der Waals surface area contributed by atoms with Gasteiger partial charge in [-0.3, -0.25) is 9.69 Å². The standard InChI is InChI=1S/C25H32N4O/c1-19(2)29(21-12-6-4-7-13-21)24(30)18-28-23-15-9-8-14-22(23)26-25(28)20(3)27-16-10-5-11-17-27/h4,6-9,12-15,19-20H,5,10-11,16-18H2,1-3H3/t20-/m1/s1. The van der Waals surface area contributed by atoms with E-state index >= 15 is 0 Å². The molecule has 1 aliphatic heterocycles. The first-order valence-electron chi connectivity index (χ1n) is 11.1. The van der Waals surface area contributed by atoms with Crippen molar-refractivity contribution in [2.45, 2.75) is 58.7 Å². The van der Waals surface area contributed by atoms with Gasteiger partial charge in [0.1, 0.15) is 12.4 Å². The average Bonchev–Trinajstić information content (AvgIpc) is 3.13. The quantitative estimate of drug-likeness (QED) is 0.579. The molecule has 30 heavy (non-hydrogen) atoms. The van der Waals surface area contributed by atoms with E-state index < -0.39 is 0 Å². The molecular formula is C25H32N4O. The Balaban J connectivity index is 1.69. The maximum atomic E-state index is 13.5. The van der Waals surface area contributed by atoms with E-state index in [4.69, 9.17) is 4.98 Å². The summed E-state index contributed by atoms with van der Waals surface area (Å²) < 4.78 is 2.13. The van der Waals surface area contributed by atoms with E-state index in [1.54, 1.807) is 0 Å². The number of rotatable bonds is 6. The Morgan fingerprint density at radius 1 is 0.967 bits per heavy atom. The van der Waals surface area contributed by atoms with Crippen LogP contribution in [0.25, 0.3) is 11.0 Å². The zero-order valence-corrected chi connectivity index (χ0v) is 18.3. The summed E-state index contributed by atoms with van der Waals surface area (Å²) >= 11 is 0. The fourth-order valence-corrected chi connectivity index (χ4v) is 4.58. The molecule has 0 radical (unpaired) electrons. The van der Waals surface area contributed by atoms with Crippen molar-refractivity contribution in [2.75, 3.05) is 18.0 Å². The van der Waals surface area contributed by atoms with Gasteiger partial charge in [-0.2, -0.15) is 0 Å². The zero-order chi connectivity index (χ0) is 21.1. The number of likely N-dealkylation sites (tertiary alicyclic amines) is 1. The van der Waals surface area contributed by atoms with Gasteiger partial charge in [-0.1, -0.05) is 36.8 Å². The third-order valence-corrected chi connectivity index (χ3v) is 6.11. The van der Waals surface area contributed by atoms with Crippen LogP contribution in [0.15, 0.2) is 54.6 Å². The summed E-state index contributed by atoms with van der Waals surface area (Å²) in [6.07, 6.45) is 3.77. The number of hydrogen-bond acceptors (Lipinski definition) is 3. The van der Waals surface area contributed by atoms with Gasteiger partial charge in [0.05, 0.1) is 17.1 Å². The van der Waals surface area contributed by atoms with Gasteiger partial charge in [0.25, 0.3) is 0 Å². The molecule has 0 spiro atoms. The highest BCUT2D eigenvalue weighted by atomic mass is 16.2. The molecule has 1 atom stereocenters. The summed E-state index contributed by atoms with van der Waals surface area (Å²) in [6, 6.07) is 18.4. The summed E-state index contributed by atoms with van der Waals surface area (Å²) in [5.74, 6) is 1.08. The minimum atomic E-state index is 0.0812. The van der Waals surface area contributed by atoms with Gasteiger partial charge in [0, 0.05) is 11.7 Å². The van der Waals surface area contributed by atoms with E-state index in [-0.39, 0.29) is 18.0 Å². The van der Waals surface area contributed by atoms with Gasteiger partial charge in [0.15, 0.2) is 0 Å². The maximum Gasteiger partial charge on any atom is 0.247 e. The number of carbonyl (C=O) groups is 1. The Kier molecular flexibility index (Phi) is 6.18. The number of anilines is 1. The minimum Gasteiger partial charge on any atom is -0.317 e. The van der Waals surface area contributed by atoms with Gasteiger partial charge < -0.3 is 9.47 Å². The number of imidazole rings is 1. The third kappa shape index (κ3) is 4.12. The zero-order valence-electron chi connectivity index (χ0n) is 18.3. The molecule has 3 aromatic rings. The first-order valence-corrected chi connectivity index (χ1v) is 11.1. The second kappa shape index (κ2) is 9.00. The van der Waals surface area contributed by atoms with Gasteiger partial charge in [-0.15, -0.1) is 0 Å². The number of amides is 1. The number of piperidine rings is 1. The largest absolute Gasteiger partial charge is 0.317 e. The molecule has 0 N–H and O–H groups in total. The summed E-state index contributed by atoms with van der Waals surface area (Å²) in [6.45, 7) is 8.84. The second-order valence-corrected chi connectivity index (χ2v) is 8.51. The van der Waals surface area contributed by atoms with Crippen LogP contribution in [-0.4, -0.2) is 39.5 Å². The van der Waals surface area contributed by atoms with Crippen LogP contribution in [0.3, 0.4) is 0 Å². The second-order valence-electron chi connectivity index (χ2n) is 8.51. The first kappa shape index (κ1) is 20.6. The fraction of sp³-hybridized carbons (Fsp3) is 0.440. The van der Waals surface area contributed by atoms with Crippen LogP contribution in [0.1, 0.15) is 51.9 Å². The molecule has 0 aliphatic carbocycles. The highest BCUT2D eigenvalue weighted by Gasteiger charge is 2.26. The average molecular weight is 405 g/mol. The molecule has 5 nitrogen and oxygen atoms in total. The molecule has 1 aromatic heterocycles. The lowest BCUT2D eigenvalue weighted by atomic mass is 10.1. The van der Waals surface area contributed by atoms with E-state index in [0.717, 1.165) is 35.6 Å². The molecule has 0 unspecified atom stereocenters. The van der Waals surface area contributed by atoms with Crippen LogP contribution in [0, 0.1) is 0 Å². The normalized spacial score (nSPS) is 16.1. The summed E-state index contributed by atoms with van der Waals surface area (Å²) in [5, 5.41) is 0. The molecule has 1 fully saturated rings. The SMILES string of the molecule is CC(C)N(C(=O)Cn1c([C@@H](C)N2CCCCC2)nc2ccccc21)c1ccccc1. The Bertz CT molecular complexity index is 989. The monoisotopic (exact) mass is 404 g/mol. The van der Waals surface area contributed by atoms with Crippen LogP contribution in [0.5, 0.6) is 0 Å². The molecule has 5 heteroatoms. The van der Waals surface area contributed by atoms with Crippen LogP contribution >= 0.6 is 0 Å². The van der Waals surface area contributed by atoms with E-state index in [2.05, 4.69) is 36.3 Å². The van der Waals surface area contributed by atoms with E-state index in [0.29, 0.717) is 6.54 Å². The van der Waals surface area contributed by atoms with Crippen molar-refractivity contribution in [2.24, 2.45) is 0 Å². The Morgan fingerprint density at radius 2 is 1.63 bits per heavy atom. The predicted molar refractivity (Wildman–Crippen MR) is 123 cm³/mol. The number of para-hydroxylation sites is 3. The summed E-state index contributed by atoms with van der Waals surface area (Å²) in [4.78, 5) is 22.9. The number of carbonyl (C=O) groups excluding carboxylic acids is 1. The number of fused-ring (bicyclic) bond motifs is 1. The van der Waals surface area contributed by atoms with Gasteiger partial charge in [-0.25, -0.2) is 4.98 Å². The molecule has 158 valence electrons. The Hall–Kier alpha value is -2.66. The van der Waals surface area contributed by atoms with E-state index in [9.17, 15) is 4.79 Å². The number of hydrogen-bond donors (Lipinski definition) is 0. The lowest BCUT2D eigenvalue weighted by molar-refractivity contribution is -0.119. The van der Waals surface area contributed by atoms with Crippen molar-refractivity contribution in [1.29, 1.82) is 0 Å². The number of benzene rings is 2. The van der Waals surface area contributed by atoms with Crippen LogP contribution < -0.4 is 4.90 Å². The molecule has 2 aromatic carbocycles. The highest BCUT2D eigenvalue weighted by Crippen LogP contribution is 2.28. The lowest BCUT2D eigenvalue weighted by Crippen LogP contribution is -2.40. The molecule has 4 rings (SSSR count). The summed E-state index contributed by atoms with van der Waals surface area (Å²) in [5.41, 5.74) is 2.92. The van der Waals surface area contributed by atoms with Crippen molar-refractivity contribution >= 4 is 22.6 Å². The van der Waals surface area contributed by atoms with Crippen LogP contribution in [0.4, 0.5) is 5.69 Å². The van der Waals surface area contributed by atoms with Crippen molar-refractivity contribution in [3.63, 3.8) is 0 Å². The van der Waals surface area contributed by atoms with Crippen molar-refractivity contribution in [1.82, 2.24) is 14.5 Å². The smallest absolute Gasteiger partial charge is 0.247 e. The highest BCUT2D eigenvalue weighted by molar-refractivity contribution is 5.94. The van der Waals surface area contributed by atoms with E-state index in [1.165, 1.54) is 19.3 Å². The molecule has 0 saturated carbocycles. The van der Waals surface area contributed by atoms with Gasteiger partial charge in [0.2, 0.25) is 5.91 Å². The number of nitrogens with zero attached hydrogens (tertiary/aromatic N) is 4. The summed E-state index contributed by atoms with van der Waals surface area (Å²) in [7, 11) is 0. The minimum absolute atomic E-state index is 0.0812. The maximum absolute atomic E-state index is 13.5. The molecule has 0 bridgehead atoms. The predicted octanol–water partition coefficient (Wildman–Crippen LogP) is 5.02. The molecule has 1 aliphatic rings.